The molecular formula is C25H28F3N3O. The van der Waals surface area contributed by atoms with Crippen molar-refractivity contribution in [2.45, 2.75) is 50.9 Å². The second-order valence-corrected chi connectivity index (χ2v) is 9.41. The Morgan fingerprint density at radius 2 is 1.91 bits per heavy atom. The van der Waals surface area contributed by atoms with E-state index in [0.717, 1.165) is 37.9 Å². The number of carbonyl (C=O) groups excluding carboxylic acids is 1. The smallest absolute Gasteiger partial charge is 0.330 e. The molecule has 7 heteroatoms. The Morgan fingerprint density at radius 1 is 1.09 bits per heavy atom. The van der Waals surface area contributed by atoms with Crippen molar-refractivity contribution in [1.29, 1.82) is 0 Å². The van der Waals surface area contributed by atoms with Crippen molar-refractivity contribution in [2.75, 3.05) is 24.5 Å². The molecule has 1 saturated carbocycles. The molecule has 170 valence electrons. The largest absolute Gasteiger partial charge is 0.416 e. The summed E-state index contributed by atoms with van der Waals surface area (Å²) in [6.45, 7) is 2.53. The Hall–Kier alpha value is -2.38. The Labute approximate surface area is 186 Å². The number of benzene rings is 2. The van der Waals surface area contributed by atoms with E-state index in [2.05, 4.69) is 4.90 Å². The molecule has 0 spiro atoms. The number of likely N-dealkylation sites (tertiary alicyclic amines) is 1. The highest BCUT2D eigenvalue weighted by Crippen LogP contribution is 2.41. The summed E-state index contributed by atoms with van der Waals surface area (Å²) in [7, 11) is 0. The number of nitrogens with two attached hydrogens (primary N) is 1. The molecule has 0 radical (unpaired) electrons. The maximum absolute atomic E-state index is 14.0. The summed E-state index contributed by atoms with van der Waals surface area (Å²) < 4.78 is 41.9. The predicted octanol–water partition coefficient (Wildman–Crippen LogP) is 4.91. The van der Waals surface area contributed by atoms with E-state index in [1.807, 2.05) is 24.3 Å². The Morgan fingerprint density at radius 3 is 2.56 bits per heavy atom. The van der Waals surface area contributed by atoms with Crippen LogP contribution in [-0.4, -0.2) is 30.4 Å². The number of carbonyl (C=O) groups is 1. The van der Waals surface area contributed by atoms with E-state index >= 15 is 0 Å². The quantitative estimate of drug-likeness (QED) is 0.714. The first kappa shape index (κ1) is 21.5. The van der Waals surface area contributed by atoms with Crippen LogP contribution in [0.5, 0.6) is 0 Å². The van der Waals surface area contributed by atoms with Gasteiger partial charge in [-0.3, -0.25) is 9.69 Å². The van der Waals surface area contributed by atoms with Crippen LogP contribution in [0.25, 0.3) is 0 Å². The zero-order valence-corrected chi connectivity index (χ0v) is 18.0. The topological polar surface area (TPSA) is 49.6 Å². The third-order valence-electron chi connectivity index (χ3n) is 7.27. The van der Waals surface area contributed by atoms with Gasteiger partial charge >= 0.3 is 6.18 Å². The van der Waals surface area contributed by atoms with Gasteiger partial charge in [0.25, 0.3) is 5.91 Å². The second-order valence-electron chi connectivity index (χ2n) is 9.41. The molecule has 1 amide bonds. The molecule has 1 atom stereocenters. The third-order valence-corrected chi connectivity index (χ3v) is 7.27. The fourth-order valence-electron chi connectivity index (χ4n) is 5.22. The highest BCUT2D eigenvalue weighted by Gasteiger charge is 2.41. The Bertz CT molecular complexity index is 1030. The number of rotatable bonds is 5. The van der Waals surface area contributed by atoms with Crippen LogP contribution in [0, 0.1) is 5.92 Å². The minimum absolute atomic E-state index is 0.0453. The van der Waals surface area contributed by atoms with Gasteiger partial charge in [0.15, 0.2) is 0 Å². The van der Waals surface area contributed by atoms with Crippen molar-refractivity contribution < 1.29 is 18.0 Å². The first-order valence-electron chi connectivity index (χ1n) is 11.4. The van der Waals surface area contributed by atoms with Gasteiger partial charge < -0.3 is 10.6 Å². The zero-order valence-electron chi connectivity index (χ0n) is 18.0. The maximum atomic E-state index is 14.0. The summed E-state index contributed by atoms with van der Waals surface area (Å²) in [5.41, 5.74) is 7.70. The molecule has 1 unspecified atom stereocenters. The standard InChI is InChI=1S/C25H28F3N3O/c26-25(27,28)23-10-17(14-30-8-7-16(12-29)13-30)9-21-22(23)15-31(24(21)32)20-6-2-5-19(11-20)18-3-1-4-18/h2,5-6,9-11,16,18H,1,3-4,7-8,12-15,29H2. The third kappa shape index (κ3) is 3.92. The molecular weight excluding hydrogens is 415 g/mol. The van der Waals surface area contributed by atoms with E-state index in [0.29, 0.717) is 36.2 Å². The van der Waals surface area contributed by atoms with Crippen molar-refractivity contribution >= 4 is 11.6 Å². The van der Waals surface area contributed by atoms with E-state index < -0.39 is 11.7 Å². The number of hydrogen-bond donors (Lipinski definition) is 1. The molecule has 2 N–H and O–H groups in total. The van der Waals surface area contributed by atoms with Crippen LogP contribution in [0.3, 0.4) is 0 Å². The molecule has 1 aliphatic carbocycles. The fraction of sp³-hybridized carbons (Fsp3) is 0.480. The number of hydrogen-bond acceptors (Lipinski definition) is 3. The molecule has 0 bridgehead atoms. The lowest BCUT2D eigenvalue weighted by molar-refractivity contribution is -0.138. The molecule has 3 aliphatic rings. The van der Waals surface area contributed by atoms with Crippen LogP contribution >= 0.6 is 0 Å². The number of fused-ring (bicyclic) bond motifs is 1. The van der Waals surface area contributed by atoms with Crippen LogP contribution in [0.4, 0.5) is 18.9 Å². The predicted molar refractivity (Wildman–Crippen MR) is 117 cm³/mol. The van der Waals surface area contributed by atoms with E-state index in [-0.39, 0.29) is 23.6 Å². The van der Waals surface area contributed by atoms with Crippen LogP contribution in [0.2, 0.25) is 0 Å². The van der Waals surface area contributed by atoms with E-state index in [1.54, 1.807) is 6.07 Å². The second kappa shape index (κ2) is 8.19. The van der Waals surface area contributed by atoms with Crippen molar-refractivity contribution in [3.8, 4) is 0 Å². The SMILES string of the molecule is NCC1CCN(Cc2cc3c(c(C(F)(F)F)c2)CN(c2cccc(C4CCC4)c2)C3=O)C1. The maximum Gasteiger partial charge on any atom is 0.416 e. The van der Waals surface area contributed by atoms with Crippen LogP contribution in [0.15, 0.2) is 36.4 Å². The molecule has 2 aromatic rings. The van der Waals surface area contributed by atoms with Crippen molar-refractivity contribution in [3.05, 3.63) is 64.2 Å². The lowest BCUT2D eigenvalue weighted by Crippen LogP contribution is -2.24. The normalized spacial score (nSPS) is 21.8. The highest BCUT2D eigenvalue weighted by molar-refractivity contribution is 6.10. The average molecular weight is 444 g/mol. The number of alkyl halides is 3. The first-order chi connectivity index (χ1) is 15.3. The number of amides is 1. The summed E-state index contributed by atoms with van der Waals surface area (Å²) >= 11 is 0. The van der Waals surface area contributed by atoms with Gasteiger partial charge in [0.05, 0.1) is 12.1 Å². The molecule has 5 rings (SSSR count). The summed E-state index contributed by atoms with van der Waals surface area (Å²) in [6, 6.07) is 10.6. The van der Waals surface area contributed by atoms with Gasteiger partial charge in [0.2, 0.25) is 0 Å². The minimum Gasteiger partial charge on any atom is -0.330 e. The lowest BCUT2D eigenvalue weighted by Gasteiger charge is -2.27. The van der Waals surface area contributed by atoms with Gasteiger partial charge in [0, 0.05) is 24.3 Å². The summed E-state index contributed by atoms with van der Waals surface area (Å²) in [5, 5.41) is 0. The van der Waals surface area contributed by atoms with E-state index in [9.17, 15) is 18.0 Å². The van der Waals surface area contributed by atoms with Gasteiger partial charge in [-0.05, 0) is 85.1 Å². The zero-order chi connectivity index (χ0) is 22.5. The monoisotopic (exact) mass is 443 g/mol. The molecule has 2 heterocycles. The number of anilines is 1. The van der Waals surface area contributed by atoms with E-state index in [4.69, 9.17) is 5.73 Å². The molecule has 4 nitrogen and oxygen atoms in total. The summed E-state index contributed by atoms with van der Waals surface area (Å²) in [4.78, 5) is 16.9. The van der Waals surface area contributed by atoms with Crippen LogP contribution in [0.1, 0.15) is 64.2 Å². The summed E-state index contributed by atoms with van der Waals surface area (Å²) in [6.07, 6.45) is -0.0994. The Kier molecular flexibility index (Phi) is 5.50. The van der Waals surface area contributed by atoms with Gasteiger partial charge in [-0.25, -0.2) is 0 Å². The molecule has 32 heavy (non-hydrogen) atoms. The Balaban J connectivity index is 1.46. The van der Waals surface area contributed by atoms with Gasteiger partial charge in [-0.15, -0.1) is 0 Å². The molecule has 2 aliphatic heterocycles. The number of nitrogens with zero attached hydrogens (tertiary/aromatic N) is 2. The first-order valence-corrected chi connectivity index (χ1v) is 11.4. The van der Waals surface area contributed by atoms with Crippen molar-refractivity contribution in [2.24, 2.45) is 11.7 Å². The minimum atomic E-state index is -4.50. The van der Waals surface area contributed by atoms with Crippen LogP contribution < -0.4 is 10.6 Å². The molecule has 0 aromatic heterocycles. The molecule has 1 saturated heterocycles. The molecule has 2 fully saturated rings. The highest BCUT2D eigenvalue weighted by atomic mass is 19.4. The molecule has 2 aromatic carbocycles. The average Bonchev–Trinajstić information content (AvgIpc) is 3.30. The fourth-order valence-corrected chi connectivity index (χ4v) is 5.22. The summed E-state index contributed by atoms with van der Waals surface area (Å²) in [5.74, 6) is 0.524. The van der Waals surface area contributed by atoms with Gasteiger partial charge in [-0.1, -0.05) is 18.6 Å². The van der Waals surface area contributed by atoms with Gasteiger partial charge in [-0.2, -0.15) is 13.2 Å². The van der Waals surface area contributed by atoms with Crippen LogP contribution in [-0.2, 0) is 19.3 Å². The lowest BCUT2D eigenvalue weighted by atomic mass is 9.80. The van der Waals surface area contributed by atoms with Gasteiger partial charge in [0.1, 0.15) is 0 Å². The number of halogens is 3. The van der Waals surface area contributed by atoms with E-state index in [1.165, 1.54) is 17.4 Å². The van der Waals surface area contributed by atoms with Crippen molar-refractivity contribution in [3.63, 3.8) is 0 Å². The van der Waals surface area contributed by atoms with Crippen molar-refractivity contribution in [1.82, 2.24) is 4.90 Å².